The molecule has 1 aromatic rings. The molecule has 6 heteroatoms. The van der Waals surface area contributed by atoms with Gasteiger partial charge in [-0.1, -0.05) is 0 Å². The molecule has 116 valence electrons. The first-order valence-corrected chi connectivity index (χ1v) is 7.19. The Balaban J connectivity index is 0.00000161. The second-order valence-corrected chi connectivity index (χ2v) is 6.16. The summed E-state index contributed by atoms with van der Waals surface area (Å²) < 4.78 is 1.74. The van der Waals surface area contributed by atoms with Crippen LogP contribution in [-0.2, 0) is 7.05 Å². The van der Waals surface area contributed by atoms with Crippen molar-refractivity contribution in [3.8, 4) is 0 Å². The van der Waals surface area contributed by atoms with E-state index in [1.54, 1.807) is 16.8 Å². The third-order valence-corrected chi connectivity index (χ3v) is 4.83. The summed E-state index contributed by atoms with van der Waals surface area (Å²) >= 11 is 0. The number of aromatic nitrogens is 1. The lowest BCUT2D eigenvalue weighted by Crippen LogP contribution is -2.34. The molecule has 3 rings (SSSR count). The molecule has 3 atom stereocenters. The molecule has 2 N–H and O–H groups in total. The van der Waals surface area contributed by atoms with Gasteiger partial charge in [0.1, 0.15) is 5.69 Å². The molecule has 1 aliphatic heterocycles. The maximum absolute atomic E-state index is 12.6. The highest BCUT2D eigenvalue weighted by Crippen LogP contribution is 2.37. The molecule has 0 bridgehead atoms. The lowest BCUT2D eigenvalue weighted by atomic mass is 9.98. The number of amides is 1. The molecule has 1 saturated heterocycles. The summed E-state index contributed by atoms with van der Waals surface area (Å²) in [5, 5.41) is 0. The van der Waals surface area contributed by atoms with Gasteiger partial charge in [-0.25, -0.2) is 0 Å². The second kappa shape index (κ2) is 5.81. The molecule has 1 aromatic heterocycles. The number of aryl methyl sites for hydroxylation is 1. The fourth-order valence-corrected chi connectivity index (χ4v) is 3.61. The summed E-state index contributed by atoms with van der Waals surface area (Å²) in [5.41, 5.74) is 7.28. The van der Waals surface area contributed by atoms with Crippen molar-refractivity contribution in [2.45, 2.75) is 25.8 Å². The number of hydrogen-bond donors (Lipinski definition) is 1. The Morgan fingerprint density at radius 1 is 1.29 bits per heavy atom. The number of carbonyl (C=O) groups excluding carboxylic acids is 2. The first kappa shape index (κ1) is 16.0. The topological polar surface area (TPSA) is 68.3 Å². The van der Waals surface area contributed by atoms with E-state index in [9.17, 15) is 9.59 Å². The van der Waals surface area contributed by atoms with Crippen molar-refractivity contribution in [2.24, 2.45) is 24.6 Å². The fourth-order valence-electron chi connectivity index (χ4n) is 3.61. The summed E-state index contributed by atoms with van der Waals surface area (Å²) in [7, 11) is 1.81. The first-order valence-electron chi connectivity index (χ1n) is 7.19. The Morgan fingerprint density at radius 3 is 2.57 bits per heavy atom. The minimum atomic E-state index is -0.0139. The number of fused-ring (bicyclic) bond motifs is 1. The first-order chi connectivity index (χ1) is 9.47. The highest BCUT2D eigenvalue weighted by atomic mass is 35.5. The Morgan fingerprint density at radius 2 is 2.00 bits per heavy atom. The highest BCUT2D eigenvalue weighted by Gasteiger charge is 2.42. The quantitative estimate of drug-likeness (QED) is 0.841. The van der Waals surface area contributed by atoms with E-state index in [2.05, 4.69) is 0 Å². The molecule has 2 aliphatic rings. The average Bonchev–Trinajstić information content (AvgIpc) is 3.05. The molecular weight excluding hydrogens is 290 g/mol. The van der Waals surface area contributed by atoms with Crippen LogP contribution < -0.4 is 5.73 Å². The van der Waals surface area contributed by atoms with Crippen LogP contribution in [-0.4, -0.2) is 40.3 Å². The summed E-state index contributed by atoms with van der Waals surface area (Å²) in [4.78, 5) is 25.9. The van der Waals surface area contributed by atoms with Crippen LogP contribution in [0.5, 0.6) is 0 Å². The van der Waals surface area contributed by atoms with E-state index in [1.807, 2.05) is 11.9 Å². The van der Waals surface area contributed by atoms with Crippen LogP contribution in [0.25, 0.3) is 0 Å². The average molecular weight is 312 g/mol. The molecule has 1 amide bonds. The van der Waals surface area contributed by atoms with E-state index >= 15 is 0 Å². The Kier molecular flexibility index (Phi) is 4.44. The van der Waals surface area contributed by atoms with Crippen LogP contribution in [0.4, 0.5) is 0 Å². The number of nitrogens with two attached hydrogens (primary N) is 1. The smallest absolute Gasteiger partial charge is 0.270 e. The van der Waals surface area contributed by atoms with Gasteiger partial charge < -0.3 is 15.2 Å². The fraction of sp³-hybridized carbons (Fsp3) is 0.600. The lowest BCUT2D eigenvalue weighted by molar-refractivity contribution is 0.0770. The van der Waals surface area contributed by atoms with Crippen LogP contribution in [0.1, 0.15) is 40.6 Å². The molecule has 3 unspecified atom stereocenters. The molecule has 21 heavy (non-hydrogen) atoms. The van der Waals surface area contributed by atoms with Crippen molar-refractivity contribution in [3.63, 3.8) is 0 Å². The number of hydrogen-bond acceptors (Lipinski definition) is 3. The van der Waals surface area contributed by atoms with Crippen molar-refractivity contribution < 1.29 is 9.59 Å². The van der Waals surface area contributed by atoms with Gasteiger partial charge >= 0.3 is 0 Å². The largest absolute Gasteiger partial charge is 0.346 e. The predicted octanol–water partition coefficient (Wildman–Crippen LogP) is 1.46. The maximum atomic E-state index is 12.6. The Bertz CT molecular complexity index is 569. The number of Topliss-reactive ketones (excluding diaryl/α,β-unsaturated/α-hetero) is 1. The summed E-state index contributed by atoms with van der Waals surface area (Å²) in [6.07, 6.45) is 3.93. The highest BCUT2D eigenvalue weighted by molar-refractivity contribution is 5.99. The summed E-state index contributed by atoms with van der Waals surface area (Å²) in [6.45, 7) is 3.08. The van der Waals surface area contributed by atoms with Crippen molar-refractivity contribution in [2.75, 3.05) is 13.1 Å². The van der Waals surface area contributed by atoms with Crippen LogP contribution in [0, 0.1) is 11.8 Å². The van der Waals surface area contributed by atoms with E-state index < -0.39 is 0 Å². The Hall–Kier alpha value is -1.33. The van der Waals surface area contributed by atoms with E-state index in [0.29, 0.717) is 23.1 Å². The van der Waals surface area contributed by atoms with Gasteiger partial charge in [0.15, 0.2) is 5.78 Å². The van der Waals surface area contributed by atoms with Gasteiger partial charge in [0.25, 0.3) is 5.91 Å². The molecule has 0 spiro atoms. The van der Waals surface area contributed by atoms with Crippen molar-refractivity contribution >= 4 is 24.1 Å². The van der Waals surface area contributed by atoms with Crippen LogP contribution in [0.3, 0.4) is 0 Å². The molecule has 2 fully saturated rings. The number of likely N-dealkylation sites (tertiary alicyclic amines) is 1. The third-order valence-electron chi connectivity index (χ3n) is 4.83. The second-order valence-electron chi connectivity index (χ2n) is 6.16. The molecule has 0 radical (unpaired) electrons. The minimum absolute atomic E-state index is 0. The van der Waals surface area contributed by atoms with E-state index in [1.165, 1.54) is 6.92 Å². The van der Waals surface area contributed by atoms with E-state index in [0.717, 1.165) is 25.9 Å². The van der Waals surface area contributed by atoms with Crippen LogP contribution in [0.15, 0.2) is 12.3 Å². The molecule has 0 aromatic carbocycles. The zero-order chi connectivity index (χ0) is 14.4. The molecule has 1 aliphatic carbocycles. The van der Waals surface area contributed by atoms with Gasteiger partial charge in [0.2, 0.25) is 0 Å². The van der Waals surface area contributed by atoms with E-state index in [4.69, 9.17) is 5.73 Å². The van der Waals surface area contributed by atoms with Crippen LogP contribution in [0.2, 0.25) is 0 Å². The summed E-state index contributed by atoms with van der Waals surface area (Å²) in [5.74, 6) is 1.01. The Labute approximate surface area is 130 Å². The molecule has 1 saturated carbocycles. The zero-order valence-electron chi connectivity index (χ0n) is 12.4. The molecular formula is C15H22ClN3O2. The van der Waals surface area contributed by atoms with Crippen molar-refractivity contribution in [1.82, 2.24) is 9.47 Å². The third kappa shape index (κ3) is 2.72. The van der Waals surface area contributed by atoms with Crippen molar-refractivity contribution in [3.05, 3.63) is 23.5 Å². The maximum Gasteiger partial charge on any atom is 0.270 e. The van der Waals surface area contributed by atoms with Crippen molar-refractivity contribution in [1.29, 1.82) is 0 Å². The normalized spacial score (nSPS) is 27.4. The number of rotatable bonds is 2. The standard InChI is InChI=1S/C15H21N3O2.ClH/c1-9(19)11-5-14(17(2)6-11)15(20)18-7-10-3-4-13(16)12(10)8-18;/h5-6,10,12-13H,3-4,7-8,16H2,1-2H3;1H. The summed E-state index contributed by atoms with van der Waals surface area (Å²) in [6, 6.07) is 1.93. The molecule has 5 nitrogen and oxygen atoms in total. The SMILES string of the molecule is CC(=O)c1cc(C(=O)N2CC3CCC(N)C3C2)n(C)c1.Cl. The zero-order valence-corrected chi connectivity index (χ0v) is 13.2. The molecule has 2 heterocycles. The van der Waals surface area contributed by atoms with E-state index in [-0.39, 0.29) is 30.1 Å². The monoisotopic (exact) mass is 311 g/mol. The van der Waals surface area contributed by atoms with Gasteiger partial charge in [-0.2, -0.15) is 0 Å². The number of nitrogens with zero attached hydrogens (tertiary/aromatic N) is 2. The lowest BCUT2D eigenvalue weighted by Gasteiger charge is -2.19. The van der Waals surface area contributed by atoms with Gasteiger partial charge in [0, 0.05) is 37.9 Å². The predicted molar refractivity (Wildman–Crippen MR) is 82.8 cm³/mol. The number of ketones is 1. The van der Waals surface area contributed by atoms with Gasteiger partial charge in [-0.15, -0.1) is 12.4 Å². The van der Waals surface area contributed by atoms with Gasteiger partial charge in [-0.3, -0.25) is 9.59 Å². The number of carbonyl (C=O) groups is 2. The van der Waals surface area contributed by atoms with Crippen LogP contribution >= 0.6 is 12.4 Å². The number of halogens is 1. The van der Waals surface area contributed by atoms with Gasteiger partial charge in [-0.05, 0) is 37.7 Å². The van der Waals surface area contributed by atoms with Gasteiger partial charge in [0.05, 0.1) is 0 Å². The minimum Gasteiger partial charge on any atom is -0.346 e.